The highest BCUT2D eigenvalue weighted by Gasteiger charge is 2.06. The highest BCUT2D eigenvalue weighted by molar-refractivity contribution is 6.35. The van der Waals surface area contributed by atoms with Crippen LogP contribution in [-0.4, -0.2) is 9.97 Å². The van der Waals surface area contributed by atoms with Gasteiger partial charge in [0.25, 0.3) is 0 Å². The summed E-state index contributed by atoms with van der Waals surface area (Å²) >= 11 is 12.0. The Morgan fingerprint density at radius 2 is 1.65 bits per heavy atom. The molecule has 0 aliphatic heterocycles. The standard InChI is InChI=1S/C16H12Cl2N2/c17-13-7-12(8-14(18)9-13)15-10-19-16(20-15)6-11-4-2-1-3-5-11/h1-5,7-10H,6H2,(H,19,20). The number of rotatable bonds is 3. The van der Waals surface area contributed by atoms with E-state index in [-0.39, 0.29) is 0 Å². The predicted octanol–water partition coefficient (Wildman–Crippen LogP) is 4.97. The maximum Gasteiger partial charge on any atom is 0.110 e. The Labute approximate surface area is 127 Å². The molecule has 1 N–H and O–H groups in total. The van der Waals surface area contributed by atoms with Crippen LogP contribution in [0.3, 0.4) is 0 Å². The molecule has 0 amide bonds. The number of H-pyrrole nitrogens is 1. The van der Waals surface area contributed by atoms with Crippen molar-refractivity contribution < 1.29 is 0 Å². The molecule has 0 saturated heterocycles. The van der Waals surface area contributed by atoms with Crippen molar-refractivity contribution in [1.82, 2.24) is 9.97 Å². The molecule has 1 heterocycles. The number of imidazole rings is 1. The van der Waals surface area contributed by atoms with E-state index in [9.17, 15) is 0 Å². The van der Waals surface area contributed by atoms with E-state index in [1.165, 1.54) is 5.56 Å². The molecule has 2 nitrogen and oxygen atoms in total. The second-order valence-corrected chi connectivity index (χ2v) is 5.44. The first kappa shape index (κ1) is 13.2. The number of nitrogens with one attached hydrogen (secondary N) is 1. The maximum absolute atomic E-state index is 6.02. The molecule has 20 heavy (non-hydrogen) atoms. The number of nitrogens with zero attached hydrogens (tertiary/aromatic N) is 1. The molecule has 100 valence electrons. The van der Waals surface area contributed by atoms with Gasteiger partial charge in [0.05, 0.1) is 11.9 Å². The van der Waals surface area contributed by atoms with Crippen LogP contribution < -0.4 is 0 Å². The fourth-order valence-corrected chi connectivity index (χ4v) is 2.62. The summed E-state index contributed by atoms with van der Waals surface area (Å²) in [6, 6.07) is 15.7. The summed E-state index contributed by atoms with van der Waals surface area (Å²) in [6.07, 6.45) is 2.58. The SMILES string of the molecule is Clc1cc(Cl)cc(-c2cnc(Cc3ccccc3)[nH]2)c1. The summed E-state index contributed by atoms with van der Waals surface area (Å²) in [4.78, 5) is 7.71. The smallest absolute Gasteiger partial charge is 0.110 e. The Hall–Kier alpha value is -1.77. The van der Waals surface area contributed by atoms with E-state index in [0.717, 1.165) is 23.5 Å². The molecule has 1 aromatic heterocycles. The van der Waals surface area contributed by atoms with Gasteiger partial charge < -0.3 is 4.98 Å². The van der Waals surface area contributed by atoms with Crippen molar-refractivity contribution in [1.29, 1.82) is 0 Å². The van der Waals surface area contributed by atoms with Crippen LogP contribution in [0.5, 0.6) is 0 Å². The lowest BCUT2D eigenvalue weighted by Gasteiger charge is -2.00. The zero-order valence-corrected chi connectivity index (χ0v) is 12.1. The first-order valence-corrected chi connectivity index (χ1v) is 7.00. The first-order valence-electron chi connectivity index (χ1n) is 6.25. The fourth-order valence-electron chi connectivity index (χ4n) is 2.10. The van der Waals surface area contributed by atoms with E-state index < -0.39 is 0 Å². The molecule has 0 saturated carbocycles. The quantitative estimate of drug-likeness (QED) is 0.726. The maximum atomic E-state index is 6.02. The average Bonchev–Trinajstić information content (AvgIpc) is 2.87. The van der Waals surface area contributed by atoms with Gasteiger partial charge in [-0.05, 0) is 23.8 Å². The van der Waals surface area contributed by atoms with Crippen molar-refractivity contribution in [2.45, 2.75) is 6.42 Å². The van der Waals surface area contributed by atoms with Crippen LogP contribution in [-0.2, 0) is 6.42 Å². The molecule has 4 heteroatoms. The van der Waals surface area contributed by atoms with Crippen molar-refractivity contribution in [3.05, 3.63) is 76.2 Å². The number of hydrogen-bond donors (Lipinski definition) is 1. The van der Waals surface area contributed by atoms with Gasteiger partial charge in [-0.3, -0.25) is 0 Å². The topological polar surface area (TPSA) is 28.7 Å². The molecule has 0 aliphatic carbocycles. The molecule has 3 rings (SSSR count). The highest BCUT2D eigenvalue weighted by atomic mass is 35.5. The van der Waals surface area contributed by atoms with Crippen LogP contribution in [0.15, 0.2) is 54.7 Å². The second-order valence-electron chi connectivity index (χ2n) is 4.56. The summed E-state index contributed by atoms with van der Waals surface area (Å²) in [7, 11) is 0. The van der Waals surface area contributed by atoms with Gasteiger partial charge in [0.15, 0.2) is 0 Å². The lowest BCUT2D eigenvalue weighted by atomic mass is 10.1. The van der Waals surface area contributed by atoms with E-state index in [0.29, 0.717) is 10.0 Å². The Bertz CT molecular complexity index is 700. The van der Waals surface area contributed by atoms with Crippen LogP contribution in [0.25, 0.3) is 11.3 Å². The zero-order chi connectivity index (χ0) is 13.9. The van der Waals surface area contributed by atoms with Gasteiger partial charge in [-0.1, -0.05) is 53.5 Å². The summed E-state index contributed by atoms with van der Waals surface area (Å²) in [5.74, 6) is 0.919. The number of benzene rings is 2. The van der Waals surface area contributed by atoms with Crippen molar-refractivity contribution in [2.24, 2.45) is 0 Å². The van der Waals surface area contributed by atoms with Crippen molar-refractivity contribution in [3.63, 3.8) is 0 Å². The van der Waals surface area contributed by atoms with Gasteiger partial charge in [0, 0.05) is 22.0 Å². The number of hydrogen-bond acceptors (Lipinski definition) is 1. The Morgan fingerprint density at radius 3 is 2.35 bits per heavy atom. The third-order valence-corrected chi connectivity index (χ3v) is 3.45. The molecule has 2 aromatic carbocycles. The molecule has 0 fully saturated rings. The Balaban J connectivity index is 1.86. The van der Waals surface area contributed by atoms with E-state index in [2.05, 4.69) is 22.1 Å². The van der Waals surface area contributed by atoms with Crippen LogP contribution in [0.4, 0.5) is 0 Å². The highest BCUT2D eigenvalue weighted by Crippen LogP contribution is 2.26. The zero-order valence-electron chi connectivity index (χ0n) is 10.6. The third kappa shape index (κ3) is 3.03. The number of halogens is 2. The predicted molar refractivity (Wildman–Crippen MR) is 83.3 cm³/mol. The largest absolute Gasteiger partial charge is 0.342 e. The van der Waals surface area contributed by atoms with Crippen LogP contribution >= 0.6 is 23.2 Å². The molecule has 0 aliphatic rings. The van der Waals surface area contributed by atoms with E-state index >= 15 is 0 Å². The van der Waals surface area contributed by atoms with Crippen molar-refractivity contribution >= 4 is 23.2 Å². The molecule has 3 aromatic rings. The lowest BCUT2D eigenvalue weighted by molar-refractivity contribution is 1.03. The average molecular weight is 303 g/mol. The van der Waals surface area contributed by atoms with Gasteiger partial charge in [-0.2, -0.15) is 0 Å². The van der Waals surface area contributed by atoms with Crippen molar-refractivity contribution in [2.75, 3.05) is 0 Å². The van der Waals surface area contributed by atoms with E-state index in [1.54, 1.807) is 12.3 Å². The molecule has 0 spiro atoms. The second kappa shape index (κ2) is 5.70. The summed E-state index contributed by atoms with van der Waals surface area (Å²) in [5.41, 5.74) is 3.08. The van der Waals surface area contributed by atoms with Gasteiger partial charge >= 0.3 is 0 Å². The lowest BCUT2D eigenvalue weighted by Crippen LogP contribution is -1.90. The molecule has 0 bridgehead atoms. The van der Waals surface area contributed by atoms with Gasteiger partial charge in [-0.15, -0.1) is 0 Å². The Kier molecular flexibility index (Phi) is 3.77. The van der Waals surface area contributed by atoms with Gasteiger partial charge in [0.2, 0.25) is 0 Å². The summed E-state index contributed by atoms with van der Waals surface area (Å²) in [6.45, 7) is 0. The fraction of sp³-hybridized carbons (Fsp3) is 0.0625. The van der Waals surface area contributed by atoms with Gasteiger partial charge in [-0.25, -0.2) is 4.98 Å². The monoisotopic (exact) mass is 302 g/mol. The summed E-state index contributed by atoms with van der Waals surface area (Å²) < 4.78 is 0. The molecule has 0 radical (unpaired) electrons. The third-order valence-electron chi connectivity index (χ3n) is 3.02. The molecular weight excluding hydrogens is 291 g/mol. The molecule has 0 atom stereocenters. The number of aromatic nitrogens is 2. The summed E-state index contributed by atoms with van der Waals surface area (Å²) in [5, 5.41) is 1.23. The number of aromatic amines is 1. The minimum absolute atomic E-state index is 0.617. The Morgan fingerprint density at radius 1 is 0.950 bits per heavy atom. The normalized spacial score (nSPS) is 10.7. The minimum Gasteiger partial charge on any atom is -0.342 e. The molecule has 0 unspecified atom stereocenters. The van der Waals surface area contributed by atoms with Crippen LogP contribution in [0.2, 0.25) is 10.0 Å². The molecular formula is C16H12Cl2N2. The van der Waals surface area contributed by atoms with Crippen molar-refractivity contribution in [3.8, 4) is 11.3 Å². The van der Waals surface area contributed by atoms with E-state index in [4.69, 9.17) is 23.2 Å². The minimum atomic E-state index is 0.617. The van der Waals surface area contributed by atoms with Gasteiger partial charge in [0.1, 0.15) is 5.82 Å². The first-order chi connectivity index (χ1) is 9.70. The van der Waals surface area contributed by atoms with E-state index in [1.807, 2.05) is 30.3 Å². The van der Waals surface area contributed by atoms with Crippen LogP contribution in [0, 0.1) is 0 Å². The van der Waals surface area contributed by atoms with Crippen LogP contribution in [0.1, 0.15) is 11.4 Å².